The van der Waals surface area contributed by atoms with E-state index in [0.717, 1.165) is 29.9 Å². The van der Waals surface area contributed by atoms with Crippen molar-refractivity contribution in [2.75, 3.05) is 18.0 Å². The predicted molar refractivity (Wildman–Crippen MR) is 93.2 cm³/mol. The van der Waals surface area contributed by atoms with Gasteiger partial charge < -0.3 is 10.2 Å². The average molecular weight is 363 g/mol. The van der Waals surface area contributed by atoms with Crippen molar-refractivity contribution in [1.82, 2.24) is 10.3 Å². The quantitative estimate of drug-likeness (QED) is 0.895. The fraction of sp³-hybridized carbons (Fsp3) is 0.368. The summed E-state index contributed by atoms with van der Waals surface area (Å²) in [6.07, 6.45) is -1.51. The fourth-order valence-corrected chi connectivity index (χ4v) is 3.12. The van der Waals surface area contributed by atoms with E-state index < -0.39 is 11.7 Å². The maximum Gasteiger partial charge on any atom is 0.416 e. The van der Waals surface area contributed by atoms with E-state index in [2.05, 4.69) is 10.3 Å². The standard InChI is InChI=1S/C19H20F3N3O/c1-2-18(26)24-11-13-10-16-17(4-3-9-23-16)25(12-13)15-7-5-14(6-8-15)19(20,21)22/h3-9,13H,2,10-12H2,1H3,(H,24,26). The largest absolute Gasteiger partial charge is 0.416 e. The van der Waals surface area contributed by atoms with E-state index in [4.69, 9.17) is 0 Å². The summed E-state index contributed by atoms with van der Waals surface area (Å²) in [5.41, 5.74) is 1.79. The molecule has 0 radical (unpaired) electrons. The Kier molecular flexibility index (Phi) is 5.15. The highest BCUT2D eigenvalue weighted by molar-refractivity contribution is 5.75. The summed E-state index contributed by atoms with van der Waals surface area (Å²) >= 11 is 0. The normalized spacial score (nSPS) is 16.9. The molecule has 0 spiro atoms. The molecule has 138 valence electrons. The van der Waals surface area contributed by atoms with Crippen LogP contribution < -0.4 is 10.2 Å². The number of fused-ring (bicyclic) bond motifs is 1. The van der Waals surface area contributed by atoms with Crippen LogP contribution >= 0.6 is 0 Å². The lowest BCUT2D eigenvalue weighted by atomic mass is 9.95. The third kappa shape index (κ3) is 3.98. The maximum atomic E-state index is 12.8. The molecule has 1 amide bonds. The SMILES string of the molecule is CCC(=O)NCC1Cc2ncccc2N(c2ccc(C(F)(F)F)cc2)C1. The highest BCUT2D eigenvalue weighted by Crippen LogP contribution is 2.36. The van der Waals surface area contributed by atoms with Gasteiger partial charge in [0.1, 0.15) is 0 Å². The van der Waals surface area contributed by atoms with E-state index in [1.54, 1.807) is 13.1 Å². The second-order valence-corrected chi connectivity index (χ2v) is 6.35. The van der Waals surface area contributed by atoms with Gasteiger partial charge in [-0.3, -0.25) is 9.78 Å². The molecule has 1 N–H and O–H groups in total. The Hall–Kier alpha value is -2.57. The first-order valence-corrected chi connectivity index (χ1v) is 8.54. The molecule has 7 heteroatoms. The lowest BCUT2D eigenvalue weighted by molar-refractivity contribution is -0.137. The van der Waals surface area contributed by atoms with Crippen molar-refractivity contribution in [3.63, 3.8) is 0 Å². The molecule has 26 heavy (non-hydrogen) atoms. The van der Waals surface area contributed by atoms with E-state index in [1.807, 2.05) is 17.0 Å². The minimum Gasteiger partial charge on any atom is -0.356 e. The number of aromatic nitrogens is 1. The summed E-state index contributed by atoms with van der Waals surface area (Å²) in [6, 6.07) is 8.87. The number of nitrogens with zero attached hydrogens (tertiary/aromatic N) is 2. The number of rotatable bonds is 4. The van der Waals surface area contributed by atoms with Crippen molar-refractivity contribution >= 4 is 17.3 Å². The second-order valence-electron chi connectivity index (χ2n) is 6.35. The van der Waals surface area contributed by atoms with Gasteiger partial charge in [-0.2, -0.15) is 13.2 Å². The maximum absolute atomic E-state index is 12.8. The Balaban J connectivity index is 1.85. The molecule has 0 saturated heterocycles. The molecule has 2 aromatic rings. The smallest absolute Gasteiger partial charge is 0.356 e. The molecule has 1 aromatic heterocycles. The Morgan fingerprint density at radius 1 is 1.27 bits per heavy atom. The topological polar surface area (TPSA) is 45.2 Å². The second kappa shape index (κ2) is 7.35. The summed E-state index contributed by atoms with van der Waals surface area (Å²) in [7, 11) is 0. The van der Waals surface area contributed by atoms with Gasteiger partial charge >= 0.3 is 6.18 Å². The van der Waals surface area contributed by atoms with E-state index in [0.29, 0.717) is 25.2 Å². The van der Waals surface area contributed by atoms with Crippen LogP contribution in [0.1, 0.15) is 24.6 Å². The van der Waals surface area contributed by atoms with Gasteiger partial charge in [0.15, 0.2) is 0 Å². The predicted octanol–water partition coefficient (Wildman–Crippen LogP) is 3.94. The first-order chi connectivity index (χ1) is 12.4. The summed E-state index contributed by atoms with van der Waals surface area (Å²) in [5, 5.41) is 2.89. The number of pyridine rings is 1. The highest BCUT2D eigenvalue weighted by atomic mass is 19.4. The van der Waals surface area contributed by atoms with E-state index in [-0.39, 0.29) is 11.8 Å². The molecule has 4 nitrogen and oxygen atoms in total. The third-order valence-electron chi connectivity index (χ3n) is 4.50. The molecule has 3 rings (SSSR count). The minimum absolute atomic E-state index is 0.0158. The molecule has 1 aromatic carbocycles. The van der Waals surface area contributed by atoms with Crippen molar-refractivity contribution < 1.29 is 18.0 Å². The molecule has 1 atom stereocenters. The Bertz CT molecular complexity index is 774. The van der Waals surface area contributed by atoms with Crippen LogP contribution in [0.25, 0.3) is 0 Å². The molecule has 0 saturated carbocycles. The third-order valence-corrected chi connectivity index (χ3v) is 4.50. The lowest BCUT2D eigenvalue weighted by Gasteiger charge is -2.35. The zero-order valence-corrected chi connectivity index (χ0v) is 14.4. The van der Waals surface area contributed by atoms with Gasteiger partial charge in [0.2, 0.25) is 5.91 Å². The van der Waals surface area contributed by atoms with Crippen LogP contribution in [-0.2, 0) is 17.4 Å². The van der Waals surface area contributed by atoms with Gasteiger partial charge in [-0.1, -0.05) is 6.92 Å². The zero-order chi connectivity index (χ0) is 18.7. The summed E-state index contributed by atoms with van der Waals surface area (Å²) in [5.74, 6) is 0.119. The molecular weight excluding hydrogens is 343 g/mol. The Labute approximate surface area is 150 Å². The molecule has 0 fully saturated rings. The van der Waals surface area contributed by atoms with Crippen LogP contribution in [0.4, 0.5) is 24.5 Å². The zero-order valence-electron chi connectivity index (χ0n) is 14.4. The van der Waals surface area contributed by atoms with Crippen molar-refractivity contribution in [3.05, 3.63) is 53.9 Å². The van der Waals surface area contributed by atoms with Crippen molar-refractivity contribution in [3.8, 4) is 0 Å². The molecule has 1 aliphatic heterocycles. The first kappa shape index (κ1) is 18.2. The summed E-state index contributed by atoms with van der Waals surface area (Å²) in [6.45, 7) is 2.91. The number of benzene rings is 1. The van der Waals surface area contributed by atoms with Crippen molar-refractivity contribution in [1.29, 1.82) is 0 Å². The van der Waals surface area contributed by atoms with Gasteiger partial charge in [-0.25, -0.2) is 0 Å². The van der Waals surface area contributed by atoms with Crippen molar-refractivity contribution in [2.24, 2.45) is 5.92 Å². The first-order valence-electron chi connectivity index (χ1n) is 8.54. The average Bonchev–Trinajstić information content (AvgIpc) is 2.64. The Morgan fingerprint density at radius 3 is 2.65 bits per heavy atom. The monoisotopic (exact) mass is 363 g/mol. The van der Waals surface area contributed by atoms with Crippen LogP contribution in [0.2, 0.25) is 0 Å². The number of carbonyl (C=O) groups excluding carboxylic acids is 1. The van der Waals surface area contributed by atoms with Crippen LogP contribution in [-0.4, -0.2) is 24.0 Å². The summed E-state index contributed by atoms with van der Waals surface area (Å²) in [4.78, 5) is 17.9. The molecule has 1 unspecified atom stereocenters. The number of alkyl halides is 3. The molecule has 1 aliphatic rings. The molecule has 0 bridgehead atoms. The number of halogens is 3. The van der Waals surface area contributed by atoms with Crippen LogP contribution in [0, 0.1) is 5.92 Å². The Morgan fingerprint density at radius 2 is 2.00 bits per heavy atom. The van der Waals surface area contributed by atoms with E-state index in [9.17, 15) is 18.0 Å². The van der Waals surface area contributed by atoms with Gasteiger partial charge in [-0.15, -0.1) is 0 Å². The number of hydrogen-bond acceptors (Lipinski definition) is 3. The van der Waals surface area contributed by atoms with Gasteiger partial charge in [-0.05, 0) is 48.7 Å². The minimum atomic E-state index is -4.35. The fourth-order valence-electron chi connectivity index (χ4n) is 3.12. The number of hydrogen-bond donors (Lipinski definition) is 1. The number of nitrogens with one attached hydrogen (secondary N) is 1. The molecule has 0 aliphatic carbocycles. The molecule has 2 heterocycles. The number of anilines is 2. The van der Waals surface area contributed by atoms with Crippen molar-refractivity contribution in [2.45, 2.75) is 25.9 Å². The molecular formula is C19H20F3N3O. The highest BCUT2D eigenvalue weighted by Gasteiger charge is 2.31. The van der Waals surface area contributed by atoms with E-state index >= 15 is 0 Å². The lowest BCUT2D eigenvalue weighted by Crippen LogP contribution is -2.39. The van der Waals surface area contributed by atoms with Crippen LogP contribution in [0.5, 0.6) is 0 Å². The van der Waals surface area contributed by atoms with Gasteiger partial charge in [0, 0.05) is 31.4 Å². The van der Waals surface area contributed by atoms with Gasteiger partial charge in [0.05, 0.1) is 16.9 Å². The van der Waals surface area contributed by atoms with E-state index in [1.165, 1.54) is 12.1 Å². The number of amides is 1. The number of carbonyl (C=O) groups is 1. The van der Waals surface area contributed by atoms with Crippen LogP contribution in [0.3, 0.4) is 0 Å². The van der Waals surface area contributed by atoms with Gasteiger partial charge in [0.25, 0.3) is 0 Å². The summed E-state index contributed by atoms with van der Waals surface area (Å²) < 4.78 is 38.4. The van der Waals surface area contributed by atoms with Crippen LogP contribution in [0.15, 0.2) is 42.6 Å².